The highest BCUT2D eigenvalue weighted by molar-refractivity contribution is 7.99. The highest BCUT2D eigenvalue weighted by Gasteiger charge is 2.44. The third-order valence-corrected chi connectivity index (χ3v) is 12.5. The zero-order valence-electron chi connectivity index (χ0n) is 35.9. The lowest BCUT2D eigenvalue weighted by Gasteiger charge is -2.21. The second-order valence-electron chi connectivity index (χ2n) is 15.7. The monoisotopic (exact) mass is 861 g/mol. The number of allylic oxidation sites excluding steroid dienone is 1. The molecule has 326 valence electrons. The van der Waals surface area contributed by atoms with Gasteiger partial charge in [0.15, 0.2) is 17.7 Å². The van der Waals surface area contributed by atoms with E-state index in [-0.39, 0.29) is 24.1 Å². The minimum Gasteiger partial charge on any atom is -0.456 e. The van der Waals surface area contributed by atoms with E-state index in [1.807, 2.05) is 37.3 Å². The first-order valence-electron chi connectivity index (χ1n) is 21.4. The molecule has 1 fully saturated rings. The van der Waals surface area contributed by atoms with E-state index >= 15 is 0 Å². The van der Waals surface area contributed by atoms with Gasteiger partial charge in [0.1, 0.15) is 48.5 Å². The number of hydrogen-bond donors (Lipinski definition) is 4. The van der Waals surface area contributed by atoms with Crippen molar-refractivity contribution in [2.24, 2.45) is 0 Å². The standard InChI is InChI=1S/C47H56N8O6S/c1-5-54(6-2)31-18-20-35-37(26-31)60-36-25-30(3)17-19-34(36)40(35)32-15-11-12-16-33(32)46(59)53(4)23-21-39(56)49-22-13-9-7-8-10-14-24-62-27-38-42(57)43(58)47(61-38)55-29-52-41-44(48)50-28-51-45(41)55/h10-12,14-20,25-26,28-29,38,42-43,47,57-58H,5-9,13,21-24,27H2,1-4H3,(H2-,48,49,50,51,56)/p+1/b14-10+/t38-,42?,43+,47-/m1/s1. The summed E-state index contributed by atoms with van der Waals surface area (Å²) in [7, 11) is 1.75. The zero-order chi connectivity index (χ0) is 43.8. The number of thioether (sulfide) groups is 1. The number of rotatable bonds is 18. The minimum absolute atomic E-state index is 0.0804. The van der Waals surface area contributed by atoms with E-state index in [2.05, 4.69) is 81.2 Å². The van der Waals surface area contributed by atoms with Crippen LogP contribution in [0.3, 0.4) is 0 Å². The number of fused-ring (bicyclic) bond motifs is 3. The third kappa shape index (κ3) is 9.86. The number of amides is 2. The number of carbonyl (C=O) groups is 2. The largest absolute Gasteiger partial charge is 0.456 e. The summed E-state index contributed by atoms with van der Waals surface area (Å²) in [5, 5.41) is 26.4. The molecular formula is C47H57N8O6S+. The molecule has 3 aliphatic rings. The van der Waals surface area contributed by atoms with Gasteiger partial charge in [0.25, 0.3) is 5.91 Å². The number of nitrogens with two attached hydrogens (primary N) is 1. The molecule has 0 spiro atoms. The number of nitrogens with one attached hydrogen (secondary N) is 1. The Kier molecular flexibility index (Phi) is 14.7. The van der Waals surface area contributed by atoms with Crippen LogP contribution < -0.4 is 21.0 Å². The van der Waals surface area contributed by atoms with Gasteiger partial charge in [-0.15, -0.1) is 0 Å². The van der Waals surface area contributed by atoms with Crippen molar-refractivity contribution in [1.82, 2.24) is 34.3 Å². The van der Waals surface area contributed by atoms with E-state index in [0.29, 0.717) is 35.6 Å². The molecule has 15 heteroatoms. The first kappa shape index (κ1) is 44.4. The predicted octanol–water partition coefficient (Wildman–Crippen LogP) is 5.79. The molecule has 2 aromatic carbocycles. The number of imidazole rings is 1. The number of nitrogen functional groups attached to an aromatic ring is 1. The Labute approximate surface area is 365 Å². The molecule has 14 nitrogen and oxygen atoms in total. The number of anilines is 1. The Bertz CT molecular complexity index is 2580. The van der Waals surface area contributed by atoms with E-state index in [0.717, 1.165) is 88.9 Å². The van der Waals surface area contributed by atoms with Gasteiger partial charge in [-0.25, -0.2) is 19.5 Å². The van der Waals surface area contributed by atoms with E-state index in [1.54, 1.807) is 28.3 Å². The molecule has 1 saturated heterocycles. The quantitative estimate of drug-likeness (QED) is 0.0355. The smallest absolute Gasteiger partial charge is 0.254 e. The van der Waals surface area contributed by atoms with Gasteiger partial charge in [-0.3, -0.25) is 14.2 Å². The summed E-state index contributed by atoms with van der Waals surface area (Å²) in [6, 6.07) is 20.2. The van der Waals surface area contributed by atoms with E-state index in [1.165, 1.54) is 12.7 Å². The Morgan fingerprint density at radius 1 is 0.984 bits per heavy atom. The summed E-state index contributed by atoms with van der Waals surface area (Å²) in [5.74, 6) is 2.03. The SMILES string of the molecule is CC[N+](CC)=c1ccc2c(-c3ccccc3C(=O)N(C)CCC(=O)NCCCCC/C=C/CSC[C@H]3O[C@@H](n4cnc5c(N)ncnc54)[C@@H](O)C3O)c3ccc(C)cc3oc-2c1. The molecule has 2 aromatic heterocycles. The van der Waals surface area contributed by atoms with Gasteiger partial charge in [-0.1, -0.05) is 48.9 Å². The lowest BCUT2D eigenvalue weighted by molar-refractivity contribution is -0.121. The lowest BCUT2D eigenvalue weighted by Crippen LogP contribution is -2.33. The van der Waals surface area contributed by atoms with Crippen LogP contribution in [0.25, 0.3) is 44.6 Å². The summed E-state index contributed by atoms with van der Waals surface area (Å²) in [6.45, 7) is 8.96. The number of benzene rings is 3. The highest BCUT2D eigenvalue weighted by Crippen LogP contribution is 2.41. The first-order chi connectivity index (χ1) is 30.1. The Morgan fingerprint density at radius 2 is 1.81 bits per heavy atom. The predicted molar refractivity (Wildman–Crippen MR) is 245 cm³/mol. The molecule has 5 N–H and O–H groups in total. The van der Waals surface area contributed by atoms with Crippen molar-refractivity contribution >= 4 is 51.5 Å². The molecular weight excluding hydrogens is 805 g/mol. The van der Waals surface area contributed by atoms with Crippen molar-refractivity contribution in [2.45, 2.75) is 77.4 Å². The normalized spacial score (nSPS) is 17.7. The minimum atomic E-state index is -1.13. The molecule has 0 bridgehead atoms. The number of hydrogen-bond acceptors (Lipinski definition) is 11. The van der Waals surface area contributed by atoms with Crippen LogP contribution in [0.15, 0.2) is 89.9 Å². The molecule has 0 radical (unpaired) electrons. The Balaban J connectivity index is 0.838. The summed E-state index contributed by atoms with van der Waals surface area (Å²) in [5.41, 5.74) is 11.9. The molecule has 4 heterocycles. The number of unbranched alkanes of at least 4 members (excludes halogenated alkanes) is 3. The molecule has 0 saturated carbocycles. The number of ether oxygens (including phenoxy) is 1. The summed E-state index contributed by atoms with van der Waals surface area (Å²) >= 11 is 1.62. The van der Waals surface area contributed by atoms with Crippen LogP contribution in [0.4, 0.5) is 5.82 Å². The van der Waals surface area contributed by atoms with Crippen LogP contribution in [0, 0.1) is 6.92 Å². The fourth-order valence-corrected chi connectivity index (χ4v) is 8.91. The number of aryl methyl sites for hydroxylation is 1. The van der Waals surface area contributed by atoms with Crippen LogP contribution in [0.1, 0.15) is 68.1 Å². The average molecular weight is 862 g/mol. The average Bonchev–Trinajstić information content (AvgIpc) is 3.83. The summed E-state index contributed by atoms with van der Waals surface area (Å²) in [6.07, 6.45) is 7.47. The Morgan fingerprint density at radius 3 is 2.63 bits per heavy atom. The molecule has 2 amide bonds. The molecule has 62 heavy (non-hydrogen) atoms. The van der Waals surface area contributed by atoms with Gasteiger partial charge in [0, 0.05) is 66.2 Å². The Hall–Kier alpha value is -5.61. The van der Waals surface area contributed by atoms with Crippen molar-refractivity contribution < 1.29 is 29.0 Å². The van der Waals surface area contributed by atoms with E-state index in [4.69, 9.17) is 14.9 Å². The number of aliphatic hydroxyl groups excluding tert-OH is 2. The summed E-state index contributed by atoms with van der Waals surface area (Å²) in [4.78, 5) is 40.9. The number of carbonyl (C=O) groups excluding carboxylic acids is 2. The van der Waals surface area contributed by atoms with E-state index < -0.39 is 24.5 Å². The topological polar surface area (TPSA) is 185 Å². The van der Waals surface area contributed by atoms with Crippen LogP contribution in [0.2, 0.25) is 0 Å². The maximum Gasteiger partial charge on any atom is 0.254 e. The fourth-order valence-electron chi connectivity index (χ4n) is 8.00. The summed E-state index contributed by atoms with van der Waals surface area (Å²) < 4.78 is 16.4. The van der Waals surface area contributed by atoms with Gasteiger partial charge in [-0.2, -0.15) is 11.8 Å². The van der Waals surface area contributed by atoms with E-state index in [9.17, 15) is 19.8 Å². The van der Waals surface area contributed by atoms with Crippen molar-refractivity contribution in [3.63, 3.8) is 0 Å². The van der Waals surface area contributed by atoms with Crippen molar-refractivity contribution in [1.29, 1.82) is 0 Å². The molecule has 4 aromatic rings. The van der Waals surface area contributed by atoms with Gasteiger partial charge in [0.05, 0.1) is 18.5 Å². The van der Waals surface area contributed by atoms with Gasteiger partial charge in [-0.05, 0) is 69.4 Å². The van der Waals surface area contributed by atoms with Crippen molar-refractivity contribution in [3.05, 3.63) is 102 Å². The van der Waals surface area contributed by atoms with Gasteiger partial charge >= 0.3 is 0 Å². The van der Waals surface area contributed by atoms with Crippen LogP contribution in [-0.4, -0.2) is 109 Å². The number of aromatic nitrogens is 4. The van der Waals surface area contributed by atoms with Gasteiger partial charge in [0.2, 0.25) is 11.3 Å². The molecule has 7 rings (SSSR count). The lowest BCUT2D eigenvalue weighted by atomic mass is 9.90. The van der Waals surface area contributed by atoms with Gasteiger partial charge < -0.3 is 35.3 Å². The fraction of sp³-hybridized carbons (Fsp3) is 0.404. The second-order valence-corrected chi connectivity index (χ2v) is 16.8. The number of aliphatic hydroxyl groups is 2. The van der Waals surface area contributed by atoms with Crippen LogP contribution >= 0.6 is 11.8 Å². The van der Waals surface area contributed by atoms with Crippen molar-refractivity contribution in [3.8, 4) is 22.5 Å². The first-order valence-corrected chi connectivity index (χ1v) is 22.6. The molecule has 1 aliphatic carbocycles. The molecule has 2 aliphatic heterocycles. The maximum absolute atomic E-state index is 14.0. The molecule has 4 atom stereocenters. The number of nitrogens with zero attached hydrogens (tertiary/aromatic N) is 6. The van der Waals surface area contributed by atoms with Crippen LogP contribution in [0.5, 0.6) is 0 Å². The second kappa shape index (κ2) is 20.5. The molecule has 1 unspecified atom stereocenters. The highest BCUT2D eigenvalue weighted by atomic mass is 32.2. The van der Waals surface area contributed by atoms with Crippen molar-refractivity contribution in [2.75, 3.05) is 50.5 Å². The third-order valence-electron chi connectivity index (χ3n) is 11.5. The maximum atomic E-state index is 14.0. The van der Waals surface area contributed by atoms with Crippen LogP contribution in [-0.2, 0) is 9.53 Å². The zero-order valence-corrected chi connectivity index (χ0v) is 36.7.